The molecule has 0 aliphatic carbocycles. The number of nitrogens with zero attached hydrogens (tertiary/aromatic N) is 2. The number of nitro benzene ring substituents is 1. The number of rotatable bonds is 3. The molecule has 128 valence electrons. The second-order valence-electron chi connectivity index (χ2n) is 5.91. The Hall–Kier alpha value is -3.14. The van der Waals surface area contributed by atoms with E-state index in [2.05, 4.69) is 5.32 Å². The van der Waals surface area contributed by atoms with Crippen LogP contribution in [-0.4, -0.2) is 11.5 Å². The van der Waals surface area contributed by atoms with Crippen molar-refractivity contribution in [1.29, 1.82) is 5.26 Å². The third-order valence-corrected chi connectivity index (χ3v) is 4.28. The molecule has 0 unspecified atom stereocenters. The largest absolute Gasteiger partial charge is 0.493 e. The number of fused-ring (bicyclic) bond motifs is 1. The number of nitrogens with one attached hydrogen (secondary N) is 1. The van der Waals surface area contributed by atoms with Crippen molar-refractivity contribution in [3.8, 4) is 11.8 Å². The van der Waals surface area contributed by atoms with Crippen LogP contribution in [0.2, 0.25) is 0 Å². The van der Waals surface area contributed by atoms with E-state index in [1.165, 1.54) is 18.2 Å². The van der Waals surface area contributed by atoms with E-state index in [-0.39, 0.29) is 23.1 Å². The van der Waals surface area contributed by atoms with Gasteiger partial charge in [-0.2, -0.15) is 5.26 Å². The number of hydrogen-bond donors (Lipinski definition) is 1. The predicted octanol–water partition coefficient (Wildman–Crippen LogP) is 4.24. The Balaban J connectivity index is 2.03. The Bertz CT molecular complexity index is 877. The van der Waals surface area contributed by atoms with Crippen LogP contribution in [0.15, 0.2) is 30.3 Å². The van der Waals surface area contributed by atoms with Gasteiger partial charge < -0.3 is 10.1 Å². The molecule has 7 heteroatoms. The SMILES string of the molecule is Cc1c(N[C@@H]2CCCOc3ccc(F)cc32)cc(C#N)cc1[N+](=O)[O-]. The first kappa shape index (κ1) is 16.7. The van der Waals surface area contributed by atoms with Crippen LogP contribution in [0.1, 0.15) is 35.6 Å². The minimum atomic E-state index is -0.509. The molecule has 25 heavy (non-hydrogen) atoms. The highest BCUT2D eigenvalue weighted by Crippen LogP contribution is 2.37. The maximum atomic E-state index is 13.7. The van der Waals surface area contributed by atoms with Crippen LogP contribution in [0.25, 0.3) is 0 Å². The summed E-state index contributed by atoms with van der Waals surface area (Å²) in [6, 6.07) is 8.85. The summed E-state index contributed by atoms with van der Waals surface area (Å²) in [4.78, 5) is 10.7. The molecular weight excluding hydrogens is 325 g/mol. The fourth-order valence-corrected chi connectivity index (χ4v) is 2.99. The molecule has 2 aromatic carbocycles. The molecule has 0 spiro atoms. The number of benzene rings is 2. The van der Waals surface area contributed by atoms with E-state index < -0.39 is 4.92 Å². The van der Waals surface area contributed by atoms with Crippen LogP contribution in [0.4, 0.5) is 15.8 Å². The fraction of sp³-hybridized carbons (Fsp3) is 0.278. The summed E-state index contributed by atoms with van der Waals surface area (Å²) >= 11 is 0. The summed E-state index contributed by atoms with van der Waals surface area (Å²) in [5.41, 5.74) is 1.68. The summed E-state index contributed by atoms with van der Waals surface area (Å²) in [6.07, 6.45) is 1.44. The van der Waals surface area contributed by atoms with Crippen molar-refractivity contribution < 1.29 is 14.1 Å². The molecule has 0 fully saturated rings. The number of anilines is 1. The molecule has 0 aromatic heterocycles. The smallest absolute Gasteiger partial charge is 0.275 e. The second-order valence-corrected chi connectivity index (χ2v) is 5.91. The lowest BCUT2D eigenvalue weighted by Crippen LogP contribution is -2.12. The average Bonchev–Trinajstić information content (AvgIpc) is 2.78. The summed E-state index contributed by atoms with van der Waals surface area (Å²) in [7, 11) is 0. The van der Waals surface area contributed by atoms with Gasteiger partial charge in [-0.25, -0.2) is 4.39 Å². The molecule has 1 aliphatic rings. The van der Waals surface area contributed by atoms with Gasteiger partial charge in [0.15, 0.2) is 0 Å². The first-order chi connectivity index (χ1) is 12.0. The first-order valence-corrected chi connectivity index (χ1v) is 7.87. The van der Waals surface area contributed by atoms with E-state index in [1.54, 1.807) is 19.1 Å². The summed E-state index contributed by atoms with van der Waals surface area (Å²) in [5, 5.41) is 23.6. The summed E-state index contributed by atoms with van der Waals surface area (Å²) in [6.45, 7) is 2.15. The van der Waals surface area contributed by atoms with Crippen LogP contribution in [0, 0.1) is 34.2 Å². The maximum Gasteiger partial charge on any atom is 0.275 e. The third-order valence-electron chi connectivity index (χ3n) is 4.28. The Morgan fingerprint density at radius 2 is 2.20 bits per heavy atom. The van der Waals surface area contributed by atoms with E-state index in [0.29, 0.717) is 35.6 Å². The quantitative estimate of drug-likeness (QED) is 0.666. The zero-order valence-electron chi connectivity index (χ0n) is 13.6. The second kappa shape index (κ2) is 6.77. The molecular formula is C18H16FN3O3. The van der Waals surface area contributed by atoms with Gasteiger partial charge in [-0.1, -0.05) is 0 Å². The third kappa shape index (κ3) is 3.38. The Morgan fingerprint density at radius 1 is 1.40 bits per heavy atom. The minimum Gasteiger partial charge on any atom is -0.493 e. The molecule has 2 aromatic rings. The lowest BCUT2D eigenvalue weighted by Gasteiger charge is -2.21. The molecule has 0 saturated carbocycles. The highest BCUT2D eigenvalue weighted by Gasteiger charge is 2.23. The van der Waals surface area contributed by atoms with Crippen molar-refractivity contribution in [2.45, 2.75) is 25.8 Å². The van der Waals surface area contributed by atoms with Crippen molar-refractivity contribution in [2.24, 2.45) is 0 Å². The topological polar surface area (TPSA) is 88.2 Å². The Labute approximate surface area is 144 Å². The maximum absolute atomic E-state index is 13.7. The molecule has 0 amide bonds. The number of hydrogen-bond acceptors (Lipinski definition) is 5. The van der Waals surface area contributed by atoms with Crippen molar-refractivity contribution in [3.63, 3.8) is 0 Å². The number of nitriles is 1. The number of nitro groups is 1. The lowest BCUT2D eigenvalue weighted by molar-refractivity contribution is -0.385. The van der Waals surface area contributed by atoms with Gasteiger partial charge >= 0.3 is 0 Å². The number of halogens is 1. The van der Waals surface area contributed by atoms with Crippen LogP contribution < -0.4 is 10.1 Å². The lowest BCUT2D eigenvalue weighted by atomic mass is 10.00. The molecule has 0 saturated heterocycles. The van der Waals surface area contributed by atoms with Crippen molar-refractivity contribution in [2.75, 3.05) is 11.9 Å². The van der Waals surface area contributed by atoms with Gasteiger partial charge in [0.2, 0.25) is 0 Å². The Morgan fingerprint density at radius 3 is 2.92 bits per heavy atom. The summed E-state index contributed by atoms with van der Waals surface area (Å²) < 4.78 is 19.3. The molecule has 3 rings (SSSR count). The molecule has 0 bridgehead atoms. The predicted molar refractivity (Wildman–Crippen MR) is 90.0 cm³/mol. The zero-order chi connectivity index (χ0) is 18.0. The van der Waals surface area contributed by atoms with E-state index in [9.17, 15) is 14.5 Å². The first-order valence-electron chi connectivity index (χ1n) is 7.87. The standard InChI is InChI=1S/C18H16FN3O3/c1-11-16(7-12(10-20)8-17(11)22(23)24)21-15-3-2-6-25-18-5-4-13(19)9-14(15)18/h4-5,7-9,15,21H,2-3,6H2,1H3/t15-/m1/s1. The highest BCUT2D eigenvalue weighted by atomic mass is 19.1. The Kier molecular flexibility index (Phi) is 4.52. The molecule has 1 atom stereocenters. The van der Waals surface area contributed by atoms with E-state index >= 15 is 0 Å². The monoisotopic (exact) mass is 341 g/mol. The van der Waals surface area contributed by atoms with Gasteiger partial charge in [0, 0.05) is 22.9 Å². The van der Waals surface area contributed by atoms with Gasteiger partial charge in [-0.05, 0) is 44.0 Å². The summed E-state index contributed by atoms with van der Waals surface area (Å²) in [5.74, 6) is 0.226. The average molecular weight is 341 g/mol. The molecule has 1 heterocycles. The highest BCUT2D eigenvalue weighted by molar-refractivity contribution is 5.65. The van der Waals surface area contributed by atoms with Crippen molar-refractivity contribution in [1.82, 2.24) is 0 Å². The van der Waals surface area contributed by atoms with Gasteiger partial charge in [0.25, 0.3) is 5.69 Å². The number of ether oxygens (including phenoxy) is 1. The molecule has 0 radical (unpaired) electrons. The van der Waals surface area contributed by atoms with E-state index in [4.69, 9.17) is 10.00 Å². The van der Waals surface area contributed by atoms with Crippen LogP contribution in [0.3, 0.4) is 0 Å². The normalized spacial score (nSPS) is 16.1. The van der Waals surface area contributed by atoms with E-state index in [1.807, 2.05) is 6.07 Å². The van der Waals surface area contributed by atoms with E-state index in [0.717, 1.165) is 6.42 Å². The van der Waals surface area contributed by atoms with Gasteiger partial charge in [-0.15, -0.1) is 0 Å². The zero-order valence-corrected chi connectivity index (χ0v) is 13.6. The molecule has 6 nitrogen and oxygen atoms in total. The minimum absolute atomic E-state index is 0.120. The molecule has 1 N–H and O–H groups in total. The van der Waals surface area contributed by atoms with Gasteiger partial charge in [0.05, 0.1) is 29.2 Å². The fourth-order valence-electron chi connectivity index (χ4n) is 2.99. The van der Waals surface area contributed by atoms with Crippen LogP contribution >= 0.6 is 0 Å². The molecule has 1 aliphatic heterocycles. The van der Waals surface area contributed by atoms with Gasteiger partial charge in [-0.3, -0.25) is 10.1 Å². The van der Waals surface area contributed by atoms with Crippen molar-refractivity contribution in [3.05, 3.63) is 63.0 Å². The van der Waals surface area contributed by atoms with Gasteiger partial charge in [0.1, 0.15) is 11.6 Å². The van der Waals surface area contributed by atoms with Crippen LogP contribution in [0.5, 0.6) is 5.75 Å². The van der Waals surface area contributed by atoms with Crippen LogP contribution in [-0.2, 0) is 0 Å². The van der Waals surface area contributed by atoms with Crippen molar-refractivity contribution >= 4 is 11.4 Å².